The fourth-order valence-electron chi connectivity index (χ4n) is 5.80. The van der Waals surface area contributed by atoms with Gasteiger partial charge in [0.15, 0.2) is 0 Å². The monoisotopic (exact) mass is 551 g/mol. The number of hydrogen-bond donors (Lipinski definition) is 0. The summed E-state index contributed by atoms with van der Waals surface area (Å²) >= 11 is 0. The van der Waals surface area contributed by atoms with Gasteiger partial charge in [0.05, 0.1) is 30.7 Å². The van der Waals surface area contributed by atoms with E-state index in [1.165, 1.54) is 5.56 Å². The highest BCUT2D eigenvalue weighted by molar-refractivity contribution is 6.09. The highest BCUT2D eigenvalue weighted by Gasteiger charge is 2.29. The van der Waals surface area contributed by atoms with Crippen LogP contribution in [-0.2, 0) is 13.0 Å². The van der Waals surface area contributed by atoms with Gasteiger partial charge in [-0.1, -0.05) is 36.4 Å². The second-order valence-corrected chi connectivity index (χ2v) is 11.5. The first-order valence-corrected chi connectivity index (χ1v) is 14.5. The van der Waals surface area contributed by atoms with Crippen LogP contribution in [0.25, 0.3) is 21.9 Å². The number of rotatable bonds is 9. The first kappa shape index (κ1) is 28.5. The Labute approximate surface area is 244 Å². The zero-order valence-electron chi connectivity index (χ0n) is 25.5. The van der Waals surface area contributed by atoms with Crippen LogP contribution >= 0.6 is 0 Å². The zero-order valence-corrected chi connectivity index (χ0v) is 25.5. The van der Waals surface area contributed by atoms with E-state index in [1.807, 2.05) is 18.2 Å². The summed E-state index contributed by atoms with van der Waals surface area (Å²) in [4.78, 5) is 4.94. The van der Waals surface area contributed by atoms with Gasteiger partial charge in [-0.3, -0.25) is 4.99 Å². The summed E-state index contributed by atoms with van der Waals surface area (Å²) in [6, 6.07) is 21.0. The second kappa shape index (κ2) is 11.9. The fourth-order valence-corrected chi connectivity index (χ4v) is 5.80. The van der Waals surface area contributed by atoms with E-state index >= 15 is 0 Å². The van der Waals surface area contributed by atoms with Gasteiger partial charge in [0.1, 0.15) is 29.6 Å². The van der Waals surface area contributed by atoms with Crippen LogP contribution in [0.3, 0.4) is 0 Å². The third kappa shape index (κ3) is 5.90. The molecule has 5 heteroatoms. The van der Waals surface area contributed by atoms with Gasteiger partial charge in [0.25, 0.3) is 0 Å². The molecule has 1 aliphatic heterocycles. The van der Waals surface area contributed by atoms with Crippen molar-refractivity contribution in [1.82, 2.24) is 0 Å². The lowest BCUT2D eigenvalue weighted by Crippen LogP contribution is -2.21. The molecule has 0 unspecified atom stereocenters. The molecule has 0 bridgehead atoms. The minimum Gasteiger partial charge on any atom is -0.496 e. The van der Waals surface area contributed by atoms with Crippen LogP contribution in [0.2, 0.25) is 0 Å². The van der Waals surface area contributed by atoms with Crippen molar-refractivity contribution < 1.29 is 18.9 Å². The van der Waals surface area contributed by atoms with E-state index in [1.54, 1.807) is 7.11 Å². The summed E-state index contributed by atoms with van der Waals surface area (Å²) in [5, 5.41) is 2.01. The summed E-state index contributed by atoms with van der Waals surface area (Å²) in [5.74, 6) is 3.21. The molecule has 0 radical (unpaired) electrons. The summed E-state index contributed by atoms with van der Waals surface area (Å²) < 4.78 is 25.3. The number of benzene rings is 4. The SMILES string of the molecule is COc1cc(C)cc2c(-c3c(OC(C)C)cc(OC(C)C)c4c3C[C@@H](C)N=C4C)ccc(OCc3ccccc3)c12. The molecule has 0 saturated carbocycles. The maximum Gasteiger partial charge on any atom is 0.132 e. The van der Waals surface area contributed by atoms with Gasteiger partial charge in [-0.05, 0) is 101 Å². The molecule has 0 N–H and O–H groups in total. The van der Waals surface area contributed by atoms with Crippen LogP contribution in [0.4, 0.5) is 0 Å². The molecule has 0 aromatic heterocycles. The predicted octanol–water partition coefficient (Wildman–Crippen LogP) is 8.73. The number of aryl methyl sites for hydroxylation is 1. The van der Waals surface area contributed by atoms with Crippen molar-refractivity contribution in [2.24, 2.45) is 4.99 Å². The Balaban J connectivity index is 1.79. The molecule has 5 rings (SSSR count). The van der Waals surface area contributed by atoms with Crippen LogP contribution in [0.5, 0.6) is 23.0 Å². The maximum absolute atomic E-state index is 6.55. The average molecular weight is 552 g/mol. The van der Waals surface area contributed by atoms with E-state index in [0.29, 0.717) is 6.61 Å². The molecule has 214 valence electrons. The smallest absolute Gasteiger partial charge is 0.132 e. The Morgan fingerprint density at radius 1 is 0.805 bits per heavy atom. The van der Waals surface area contributed by atoms with Crippen molar-refractivity contribution in [2.45, 2.75) is 79.7 Å². The van der Waals surface area contributed by atoms with Gasteiger partial charge < -0.3 is 18.9 Å². The molecule has 0 amide bonds. The number of aliphatic imine (C=N–C) groups is 1. The van der Waals surface area contributed by atoms with Gasteiger partial charge in [0.2, 0.25) is 0 Å². The van der Waals surface area contributed by atoms with Crippen LogP contribution in [-0.4, -0.2) is 31.1 Å². The largest absolute Gasteiger partial charge is 0.496 e. The standard InChI is InChI=1S/C36H41NO4/c1-21(2)40-32-19-33(41-22(3)4)35(29-18-24(6)37-25(7)34(29)32)27-14-15-30(39-20-26-12-10-9-11-13-26)36-28(27)16-23(5)17-31(36)38-8/h9-17,19,21-22,24H,18,20H2,1-8H3/t24-/m1/s1. The number of nitrogens with zero attached hydrogens (tertiary/aromatic N) is 1. The van der Waals surface area contributed by atoms with E-state index in [2.05, 4.69) is 90.9 Å². The van der Waals surface area contributed by atoms with Crippen LogP contribution < -0.4 is 18.9 Å². The Morgan fingerprint density at radius 3 is 2.15 bits per heavy atom. The molecule has 1 atom stereocenters. The molecule has 0 saturated heterocycles. The zero-order chi connectivity index (χ0) is 29.3. The summed E-state index contributed by atoms with van der Waals surface area (Å²) in [6.07, 6.45) is 0.811. The van der Waals surface area contributed by atoms with Gasteiger partial charge in [-0.15, -0.1) is 0 Å². The fraction of sp³-hybridized carbons (Fsp3) is 0.361. The number of hydrogen-bond acceptors (Lipinski definition) is 5. The Bertz CT molecular complexity index is 1590. The van der Waals surface area contributed by atoms with Crippen molar-refractivity contribution in [2.75, 3.05) is 7.11 Å². The van der Waals surface area contributed by atoms with Gasteiger partial charge in [-0.2, -0.15) is 0 Å². The molecule has 1 heterocycles. The van der Waals surface area contributed by atoms with E-state index in [-0.39, 0.29) is 18.2 Å². The topological polar surface area (TPSA) is 49.3 Å². The van der Waals surface area contributed by atoms with E-state index < -0.39 is 0 Å². The molecule has 0 spiro atoms. The lowest BCUT2D eigenvalue weighted by atomic mass is 9.84. The van der Waals surface area contributed by atoms with Crippen molar-refractivity contribution in [3.63, 3.8) is 0 Å². The molecule has 4 aromatic rings. The molecule has 41 heavy (non-hydrogen) atoms. The number of fused-ring (bicyclic) bond motifs is 2. The molecule has 0 fully saturated rings. The summed E-state index contributed by atoms with van der Waals surface area (Å²) in [5.41, 5.74) is 7.66. The van der Waals surface area contributed by atoms with Crippen molar-refractivity contribution in [3.05, 3.63) is 82.9 Å². The lowest BCUT2D eigenvalue weighted by Gasteiger charge is -2.29. The molecule has 0 aliphatic carbocycles. The number of methoxy groups -OCH3 is 1. The summed E-state index contributed by atoms with van der Waals surface area (Å²) in [7, 11) is 1.72. The van der Waals surface area contributed by atoms with Gasteiger partial charge >= 0.3 is 0 Å². The van der Waals surface area contributed by atoms with Crippen LogP contribution in [0.15, 0.2) is 65.7 Å². The van der Waals surface area contributed by atoms with Crippen molar-refractivity contribution in [1.29, 1.82) is 0 Å². The molecule has 5 nitrogen and oxygen atoms in total. The minimum absolute atomic E-state index is 0.00880. The third-order valence-corrected chi connectivity index (χ3v) is 7.27. The number of ether oxygens (including phenoxy) is 4. The van der Waals surface area contributed by atoms with Crippen molar-refractivity contribution in [3.8, 4) is 34.1 Å². The molecular weight excluding hydrogens is 510 g/mol. The molecule has 1 aliphatic rings. The first-order valence-electron chi connectivity index (χ1n) is 14.5. The van der Waals surface area contributed by atoms with Crippen LogP contribution in [0, 0.1) is 6.92 Å². The van der Waals surface area contributed by atoms with Crippen molar-refractivity contribution >= 4 is 16.5 Å². The maximum atomic E-state index is 6.55. The third-order valence-electron chi connectivity index (χ3n) is 7.27. The Kier molecular flexibility index (Phi) is 8.25. The molecular formula is C36H41NO4. The quantitative estimate of drug-likeness (QED) is 0.209. The normalized spacial score (nSPS) is 14.7. The lowest BCUT2D eigenvalue weighted by molar-refractivity contribution is 0.229. The Morgan fingerprint density at radius 2 is 1.49 bits per heavy atom. The average Bonchev–Trinajstić information content (AvgIpc) is 2.91. The van der Waals surface area contributed by atoms with Gasteiger partial charge in [0, 0.05) is 22.9 Å². The second-order valence-electron chi connectivity index (χ2n) is 11.5. The highest BCUT2D eigenvalue weighted by Crippen LogP contribution is 2.48. The highest BCUT2D eigenvalue weighted by atomic mass is 16.5. The van der Waals surface area contributed by atoms with Gasteiger partial charge in [-0.25, -0.2) is 0 Å². The molecule has 4 aromatic carbocycles. The first-order chi connectivity index (χ1) is 19.7. The summed E-state index contributed by atoms with van der Waals surface area (Å²) in [6.45, 7) is 15.1. The van der Waals surface area contributed by atoms with E-state index in [9.17, 15) is 0 Å². The predicted molar refractivity (Wildman–Crippen MR) is 168 cm³/mol. The minimum atomic E-state index is -0.00880. The van der Waals surface area contributed by atoms with E-state index in [4.69, 9.17) is 23.9 Å². The Hall–Kier alpha value is -3.99. The van der Waals surface area contributed by atoms with E-state index in [0.717, 1.165) is 73.7 Å². The van der Waals surface area contributed by atoms with Crippen LogP contribution in [0.1, 0.15) is 63.8 Å².